The van der Waals surface area contributed by atoms with Gasteiger partial charge in [0, 0.05) is 9.58 Å². The Morgan fingerprint density at radius 2 is 1.58 bits per heavy atom. The van der Waals surface area contributed by atoms with Crippen LogP contribution in [0.5, 0.6) is 0 Å². The number of unbranched alkanes of at least 4 members (excludes halogenated alkanes) is 5. The molecule has 0 atom stereocenters. The van der Waals surface area contributed by atoms with Crippen LogP contribution in [0.25, 0.3) is 37.4 Å². The predicted octanol–water partition coefficient (Wildman–Crippen LogP) is 9.24. The molecular formula is C29H32OS. The minimum Gasteiger partial charge on any atom is -0.504 e. The lowest BCUT2D eigenvalue weighted by molar-refractivity contribution is 0.341. The van der Waals surface area contributed by atoms with Crippen LogP contribution in [0.2, 0.25) is 0 Å². The molecular weight excluding hydrogens is 396 g/mol. The molecule has 4 rings (SSSR count). The summed E-state index contributed by atoms with van der Waals surface area (Å²) >= 11 is 1.88. The molecule has 0 N–H and O–H groups in total. The third-order valence-electron chi connectivity index (χ3n) is 5.97. The van der Waals surface area contributed by atoms with Crippen molar-refractivity contribution < 1.29 is 4.74 Å². The monoisotopic (exact) mass is 428 g/mol. The third kappa shape index (κ3) is 5.37. The molecule has 0 fully saturated rings. The number of thiophene rings is 1. The maximum atomic E-state index is 5.21. The summed E-state index contributed by atoms with van der Waals surface area (Å²) in [6.07, 6.45) is 13.1. The van der Waals surface area contributed by atoms with E-state index in [0.717, 1.165) is 0 Å². The van der Waals surface area contributed by atoms with Crippen LogP contribution >= 0.6 is 11.3 Å². The Morgan fingerprint density at radius 1 is 0.806 bits per heavy atom. The van der Waals surface area contributed by atoms with Crippen LogP contribution in [0.15, 0.2) is 66.9 Å². The molecule has 31 heavy (non-hydrogen) atoms. The van der Waals surface area contributed by atoms with Crippen molar-refractivity contribution in [2.75, 3.05) is 7.11 Å². The average molecular weight is 429 g/mol. The zero-order chi connectivity index (χ0) is 21.5. The van der Waals surface area contributed by atoms with Crippen LogP contribution < -0.4 is 0 Å². The summed E-state index contributed by atoms with van der Waals surface area (Å²) in [5, 5.41) is 3.89. The minimum absolute atomic E-state index is 1.19. The smallest absolute Gasteiger partial charge is 0.0830 e. The van der Waals surface area contributed by atoms with Gasteiger partial charge in [-0.15, -0.1) is 11.3 Å². The first kappa shape index (κ1) is 21.6. The van der Waals surface area contributed by atoms with E-state index in [2.05, 4.69) is 73.7 Å². The maximum Gasteiger partial charge on any atom is 0.0830 e. The number of aryl methyl sites for hydroxylation is 1. The van der Waals surface area contributed by atoms with Gasteiger partial charge in [-0.2, -0.15) is 0 Å². The quantitative estimate of drug-likeness (QED) is 0.181. The number of hydrogen-bond donors (Lipinski definition) is 0. The fraction of sp³-hybridized carbons (Fsp3) is 0.310. The van der Waals surface area contributed by atoms with Gasteiger partial charge < -0.3 is 4.74 Å². The highest BCUT2D eigenvalue weighted by Gasteiger charge is 2.10. The van der Waals surface area contributed by atoms with Gasteiger partial charge in [0.1, 0.15) is 0 Å². The summed E-state index contributed by atoms with van der Waals surface area (Å²) in [6, 6.07) is 22.5. The van der Waals surface area contributed by atoms with Crippen LogP contribution in [-0.2, 0) is 11.2 Å². The SMILES string of the molecule is CCCCCCCCc1ccc2sc(-c3cc4ccccc4cc3C=COC)cc2c1. The van der Waals surface area contributed by atoms with Gasteiger partial charge in [0.15, 0.2) is 0 Å². The molecule has 4 aromatic rings. The first-order valence-corrected chi connectivity index (χ1v) is 12.3. The molecule has 160 valence electrons. The first-order chi connectivity index (χ1) is 15.3. The fourth-order valence-electron chi connectivity index (χ4n) is 4.24. The summed E-state index contributed by atoms with van der Waals surface area (Å²) in [5.74, 6) is 0. The molecule has 3 aromatic carbocycles. The van der Waals surface area contributed by atoms with Crippen molar-refractivity contribution in [1.82, 2.24) is 0 Å². The molecule has 0 aliphatic heterocycles. The van der Waals surface area contributed by atoms with Crippen LogP contribution in [0, 0.1) is 0 Å². The predicted molar refractivity (Wildman–Crippen MR) is 138 cm³/mol. The summed E-state index contributed by atoms with van der Waals surface area (Å²) in [6.45, 7) is 2.28. The molecule has 0 saturated carbocycles. The molecule has 1 aromatic heterocycles. The number of ether oxygens (including phenoxy) is 1. The van der Waals surface area contributed by atoms with E-state index in [1.807, 2.05) is 11.3 Å². The second kappa shape index (κ2) is 10.6. The van der Waals surface area contributed by atoms with Crippen molar-refractivity contribution in [3.63, 3.8) is 0 Å². The zero-order valence-electron chi connectivity index (χ0n) is 18.7. The fourth-order valence-corrected chi connectivity index (χ4v) is 5.32. The Balaban J connectivity index is 1.59. The highest BCUT2D eigenvalue weighted by molar-refractivity contribution is 7.22. The van der Waals surface area contributed by atoms with Gasteiger partial charge >= 0.3 is 0 Å². The molecule has 1 heterocycles. The van der Waals surface area contributed by atoms with E-state index in [0.29, 0.717) is 0 Å². The van der Waals surface area contributed by atoms with E-state index < -0.39 is 0 Å². The van der Waals surface area contributed by atoms with Crippen molar-refractivity contribution in [2.45, 2.75) is 51.9 Å². The Kier molecular flexibility index (Phi) is 7.43. The van der Waals surface area contributed by atoms with Gasteiger partial charge in [-0.3, -0.25) is 0 Å². The molecule has 2 heteroatoms. The number of rotatable bonds is 10. The van der Waals surface area contributed by atoms with Crippen LogP contribution in [0.1, 0.15) is 56.6 Å². The molecule has 0 aliphatic carbocycles. The van der Waals surface area contributed by atoms with Crippen LogP contribution in [-0.4, -0.2) is 7.11 Å². The van der Waals surface area contributed by atoms with E-state index in [9.17, 15) is 0 Å². The summed E-state index contributed by atoms with van der Waals surface area (Å²) in [4.78, 5) is 1.31. The maximum absolute atomic E-state index is 5.21. The lowest BCUT2D eigenvalue weighted by Gasteiger charge is -2.07. The van der Waals surface area contributed by atoms with E-state index in [4.69, 9.17) is 4.74 Å². The summed E-state index contributed by atoms with van der Waals surface area (Å²) < 4.78 is 6.57. The molecule has 1 nitrogen and oxygen atoms in total. The molecule has 0 bridgehead atoms. The van der Waals surface area contributed by atoms with Crippen LogP contribution in [0.4, 0.5) is 0 Å². The number of benzene rings is 3. The van der Waals surface area contributed by atoms with Gasteiger partial charge in [0.05, 0.1) is 13.4 Å². The molecule has 0 aliphatic rings. The number of methoxy groups -OCH3 is 1. The lowest BCUT2D eigenvalue weighted by Crippen LogP contribution is -1.86. The Labute approximate surface area is 190 Å². The average Bonchev–Trinajstić information content (AvgIpc) is 3.22. The first-order valence-electron chi connectivity index (χ1n) is 11.5. The Morgan fingerprint density at radius 3 is 2.39 bits per heavy atom. The van der Waals surface area contributed by atoms with Gasteiger partial charge in [-0.05, 0) is 76.0 Å². The lowest BCUT2D eigenvalue weighted by atomic mass is 9.99. The van der Waals surface area contributed by atoms with Gasteiger partial charge in [0.25, 0.3) is 0 Å². The van der Waals surface area contributed by atoms with E-state index >= 15 is 0 Å². The van der Waals surface area contributed by atoms with Crippen molar-refractivity contribution in [2.24, 2.45) is 0 Å². The Hall–Kier alpha value is -2.58. The second-order valence-electron chi connectivity index (χ2n) is 8.33. The zero-order valence-corrected chi connectivity index (χ0v) is 19.5. The van der Waals surface area contributed by atoms with Gasteiger partial charge in [-0.25, -0.2) is 0 Å². The topological polar surface area (TPSA) is 9.23 Å². The second-order valence-corrected chi connectivity index (χ2v) is 9.41. The largest absolute Gasteiger partial charge is 0.504 e. The van der Waals surface area contributed by atoms with Crippen molar-refractivity contribution in [1.29, 1.82) is 0 Å². The van der Waals surface area contributed by atoms with Crippen molar-refractivity contribution in [3.05, 3.63) is 78.1 Å². The van der Waals surface area contributed by atoms with Crippen LogP contribution in [0.3, 0.4) is 0 Å². The van der Waals surface area contributed by atoms with Gasteiger partial charge in [-0.1, -0.05) is 75.4 Å². The normalized spacial score (nSPS) is 11.7. The van der Waals surface area contributed by atoms with Gasteiger partial charge in [0.2, 0.25) is 0 Å². The molecule has 0 unspecified atom stereocenters. The molecule has 0 radical (unpaired) electrons. The standard InChI is InChI=1S/C29H32OS/c1-3-4-5-6-7-8-11-22-14-15-28-26(18-22)21-29(31-28)27-20-24-13-10-9-12-23(24)19-25(27)16-17-30-2/h9-10,12-21H,3-8,11H2,1-2H3. The van der Waals surface area contributed by atoms with Crippen molar-refractivity contribution >= 4 is 38.3 Å². The molecule has 0 amide bonds. The van der Waals surface area contributed by atoms with Crippen molar-refractivity contribution in [3.8, 4) is 10.4 Å². The number of fused-ring (bicyclic) bond motifs is 2. The van der Waals surface area contributed by atoms with E-state index in [1.54, 1.807) is 13.4 Å². The Bertz CT molecular complexity index is 1170. The highest BCUT2D eigenvalue weighted by Crippen LogP contribution is 2.38. The minimum atomic E-state index is 1.19. The van der Waals surface area contributed by atoms with E-state index in [1.165, 1.54) is 87.4 Å². The molecule has 0 spiro atoms. The number of hydrogen-bond acceptors (Lipinski definition) is 2. The molecule has 0 saturated heterocycles. The highest BCUT2D eigenvalue weighted by atomic mass is 32.1. The van der Waals surface area contributed by atoms with E-state index in [-0.39, 0.29) is 0 Å². The third-order valence-corrected chi connectivity index (χ3v) is 7.12. The summed E-state index contributed by atoms with van der Waals surface area (Å²) in [5.41, 5.74) is 3.93. The summed E-state index contributed by atoms with van der Waals surface area (Å²) in [7, 11) is 1.70.